The minimum atomic E-state index is -0.259. The minimum Gasteiger partial charge on any atom is -0.376 e. The molecule has 1 aromatic carbocycles. The fourth-order valence-electron chi connectivity index (χ4n) is 2.33. The molecule has 1 aliphatic rings. The fourth-order valence-corrected chi connectivity index (χ4v) is 3.26. The number of halogens is 1. The van der Waals surface area contributed by atoms with E-state index in [4.69, 9.17) is 4.74 Å². The number of rotatable bonds is 4. The second kappa shape index (κ2) is 6.37. The third-order valence-electron chi connectivity index (χ3n) is 3.47. The van der Waals surface area contributed by atoms with Crippen molar-refractivity contribution in [1.29, 1.82) is 0 Å². The summed E-state index contributed by atoms with van der Waals surface area (Å²) in [6.45, 7) is 1.34. The van der Waals surface area contributed by atoms with E-state index in [0.29, 0.717) is 11.4 Å². The van der Waals surface area contributed by atoms with Gasteiger partial charge < -0.3 is 10.1 Å². The monoisotopic (exact) mass is 305 g/mol. The first-order chi connectivity index (χ1) is 10.2. The first-order valence-corrected chi connectivity index (χ1v) is 7.79. The Labute approximate surface area is 126 Å². The summed E-state index contributed by atoms with van der Waals surface area (Å²) in [6.07, 6.45) is 2.21. The molecule has 2 heterocycles. The van der Waals surface area contributed by atoms with E-state index in [1.54, 1.807) is 18.2 Å². The van der Waals surface area contributed by atoms with Crippen molar-refractivity contribution in [3.63, 3.8) is 0 Å². The van der Waals surface area contributed by atoms with Crippen LogP contribution in [0, 0.1) is 5.82 Å². The van der Waals surface area contributed by atoms with E-state index >= 15 is 0 Å². The highest BCUT2D eigenvalue weighted by atomic mass is 32.1. The summed E-state index contributed by atoms with van der Waals surface area (Å²) in [6, 6.07) is 9.97. The summed E-state index contributed by atoms with van der Waals surface area (Å²) in [5.41, 5.74) is 0.916. The molecule has 1 aliphatic heterocycles. The van der Waals surface area contributed by atoms with Crippen LogP contribution in [0.15, 0.2) is 36.4 Å². The van der Waals surface area contributed by atoms with Gasteiger partial charge in [-0.05, 0) is 42.7 Å². The lowest BCUT2D eigenvalue weighted by atomic mass is 10.2. The van der Waals surface area contributed by atoms with Gasteiger partial charge in [-0.2, -0.15) is 0 Å². The van der Waals surface area contributed by atoms with Gasteiger partial charge in [0.25, 0.3) is 5.91 Å². The molecule has 1 aromatic heterocycles. The van der Waals surface area contributed by atoms with Crippen LogP contribution in [0.2, 0.25) is 0 Å². The maximum Gasteiger partial charge on any atom is 0.261 e. The van der Waals surface area contributed by atoms with E-state index in [-0.39, 0.29) is 17.8 Å². The van der Waals surface area contributed by atoms with Crippen molar-refractivity contribution in [3.05, 3.63) is 47.1 Å². The largest absolute Gasteiger partial charge is 0.376 e. The predicted octanol–water partition coefficient (Wildman–Crippen LogP) is 3.46. The number of amides is 1. The second-order valence-electron chi connectivity index (χ2n) is 5.02. The van der Waals surface area contributed by atoms with Crippen LogP contribution < -0.4 is 5.32 Å². The van der Waals surface area contributed by atoms with Gasteiger partial charge in [-0.3, -0.25) is 4.79 Å². The van der Waals surface area contributed by atoms with Gasteiger partial charge in [-0.25, -0.2) is 4.39 Å². The molecule has 2 aromatic rings. The van der Waals surface area contributed by atoms with E-state index in [0.717, 1.165) is 29.9 Å². The summed E-state index contributed by atoms with van der Waals surface area (Å²) in [4.78, 5) is 13.7. The Morgan fingerprint density at radius 2 is 2.10 bits per heavy atom. The summed E-state index contributed by atoms with van der Waals surface area (Å²) >= 11 is 1.41. The third-order valence-corrected chi connectivity index (χ3v) is 4.61. The zero-order chi connectivity index (χ0) is 14.7. The quantitative estimate of drug-likeness (QED) is 0.939. The molecule has 0 aliphatic carbocycles. The lowest BCUT2D eigenvalue weighted by Gasteiger charge is -2.09. The SMILES string of the molecule is O=C(NC[C@@H]1CCCO1)c1ccc(-c2ccc(F)cc2)s1. The van der Waals surface area contributed by atoms with Crippen LogP contribution >= 0.6 is 11.3 Å². The average molecular weight is 305 g/mol. The molecule has 1 amide bonds. The van der Waals surface area contributed by atoms with Gasteiger partial charge in [-0.15, -0.1) is 11.3 Å². The molecule has 1 N–H and O–H groups in total. The number of carbonyl (C=O) groups excluding carboxylic acids is 1. The fraction of sp³-hybridized carbons (Fsp3) is 0.312. The molecule has 0 bridgehead atoms. The van der Waals surface area contributed by atoms with Crippen LogP contribution in [0.5, 0.6) is 0 Å². The van der Waals surface area contributed by atoms with Crippen LogP contribution in [0.25, 0.3) is 10.4 Å². The number of benzene rings is 1. The van der Waals surface area contributed by atoms with E-state index in [9.17, 15) is 9.18 Å². The number of hydrogen-bond acceptors (Lipinski definition) is 3. The van der Waals surface area contributed by atoms with Crippen molar-refractivity contribution in [1.82, 2.24) is 5.32 Å². The number of carbonyl (C=O) groups is 1. The Hall–Kier alpha value is -1.72. The lowest BCUT2D eigenvalue weighted by Crippen LogP contribution is -2.31. The lowest BCUT2D eigenvalue weighted by molar-refractivity contribution is 0.0861. The zero-order valence-corrected chi connectivity index (χ0v) is 12.3. The molecule has 0 radical (unpaired) electrons. The van der Waals surface area contributed by atoms with Gasteiger partial charge in [0.05, 0.1) is 11.0 Å². The van der Waals surface area contributed by atoms with E-state index in [2.05, 4.69) is 5.32 Å². The molecule has 0 saturated carbocycles. The Balaban J connectivity index is 1.63. The van der Waals surface area contributed by atoms with Crippen molar-refractivity contribution >= 4 is 17.2 Å². The number of ether oxygens (including phenoxy) is 1. The van der Waals surface area contributed by atoms with Crippen molar-refractivity contribution < 1.29 is 13.9 Å². The van der Waals surface area contributed by atoms with Crippen molar-refractivity contribution in [2.24, 2.45) is 0 Å². The minimum absolute atomic E-state index is 0.0798. The molecule has 5 heteroatoms. The zero-order valence-electron chi connectivity index (χ0n) is 11.5. The number of thiophene rings is 1. The van der Waals surface area contributed by atoms with Gasteiger partial charge in [0.15, 0.2) is 0 Å². The first kappa shape index (κ1) is 14.2. The van der Waals surface area contributed by atoms with Gasteiger partial charge in [0.1, 0.15) is 5.82 Å². The summed E-state index contributed by atoms with van der Waals surface area (Å²) < 4.78 is 18.4. The van der Waals surface area contributed by atoms with Gasteiger partial charge in [0, 0.05) is 18.0 Å². The number of nitrogens with one attached hydrogen (secondary N) is 1. The van der Waals surface area contributed by atoms with Crippen LogP contribution in [0.3, 0.4) is 0 Å². The highest BCUT2D eigenvalue weighted by Gasteiger charge is 2.17. The normalized spacial score (nSPS) is 17.9. The van der Waals surface area contributed by atoms with E-state index < -0.39 is 0 Å². The average Bonchev–Trinajstić information content (AvgIpc) is 3.17. The van der Waals surface area contributed by atoms with Crippen LogP contribution in [0.1, 0.15) is 22.5 Å². The third kappa shape index (κ3) is 3.49. The Morgan fingerprint density at radius 3 is 2.81 bits per heavy atom. The molecule has 1 saturated heterocycles. The highest BCUT2D eigenvalue weighted by Crippen LogP contribution is 2.28. The summed E-state index contributed by atoms with van der Waals surface area (Å²) in [5.74, 6) is -0.339. The molecule has 3 nitrogen and oxygen atoms in total. The van der Waals surface area contributed by atoms with Gasteiger partial charge in [0.2, 0.25) is 0 Å². The van der Waals surface area contributed by atoms with Gasteiger partial charge in [-0.1, -0.05) is 12.1 Å². The topological polar surface area (TPSA) is 38.3 Å². The Bertz CT molecular complexity index is 617. The Morgan fingerprint density at radius 1 is 1.29 bits per heavy atom. The van der Waals surface area contributed by atoms with Gasteiger partial charge >= 0.3 is 0 Å². The molecule has 0 spiro atoms. The smallest absolute Gasteiger partial charge is 0.261 e. The van der Waals surface area contributed by atoms with E-state index in [1.165, 1.54) is 23.5 Å². The molecule has 1 fully saturated rings. The number of hydrogen-bond donors (Lipinski definition) is 1. The summed E-state index contributed by atoms with van der Waals surface area (Å²) in [5, 5.41) is 2.90. The van der Waals surface area contributed by atoms with Crippen molar-refractivity contribution in [2.75, 3.05) is 13.2 Å². The van der Waals surface area contributed by atoms with Crippen molar-refractivity contribution in [2.45, 2.75) is 18.9 Å². The Kier molecular flexibility index (Phi) is 4.31. The molecular formula is C16H16FNO2S. The molecule has 0 unspecified atom stereocenters. The predicted molar refractivity (Wildman–Crippen MR) is 81.0 cm³/mol. The van der Waals surface area contributed by atoms with Crippen molar-refractivity contribution in [3.8, 4) is 10.4 Å². The maximum atomic E-state index is 12.9. The van der Waals surface area contributed by atoms with Crippen LogP contribution in [0.4, 0.5) is 4.39 Å². The molecule has 110 valence electrons. The standard InChI is InChI=1S/C16H16FNO2S/c17-12-5-3-11(4-6-12)14-7-8-15(21-14)16(19)18-10-13-2-1-9-20-13/h3-8,13H,1-2,9-10H2,(H,18,19)/t13-/m0/s1. The molecule has 1 atom stereocenters. The maximum absolute atomic E-state index is 12.9. The van der Waals surface area contributed by atoms with E-state index in [1.807, 2.05) is 6.07 Å². The summed E-state index contributed by atoms with van der Waals surface area (Å²) in [7, 11) is 0. The van der Waals surface area contributed by atoms with Crippen LogP contribution in [-0.2, 0) is 4.74 Å². The molecule has 21 heavy (non-hydrogen) atoms. The second-order valence-corrected chi connectivity index (χ2v) is 6.10. The van der Waals surface area contributed by atoms with Crippen LogP contribution in [-0.4, -0.2) is 25.2 Å². The molecule has 3 rings (SSSR count). The first-order valence-electron chi connectivity index (χ1n) is 6.98. The molecular weight excluding hydrogens is 289 g/mol. The highest BCUT2D eigenvalue weighted by molar-refractivity contribution is 7.17.